The quantitative estimate of drug-likeness (QED) is 0.612. The second-order valence-electron chi connectivity index (χ2n) is 6.73. The van der Waals surface area contributed by atoms with Crippen molar-refractivity contribution < 1.29 is 38.9 Å². The minimum absolute atomic E-state index is 0.0633. The highest BCUT2D eigenvalue weighted by Gasteiger charge is 2.34. The maximum atomic E-state index is 11.8. The highest BCUT2D eigenvalue weighted by Crippen LogP contribution is 2.28. The van der Waals surface area contributed by atoms with Gasteiger partial charge in [0.25, 0.3) is 0 Å². The molecule has 10 nitrogen and oxygen atoms in total. The van der Waals surface area contributed by atoms with Crippen LogP contribution in [0.15, 0.2) is 18.2 Å². The number of nitrogens with one attached hydrogen (secondary N) is 1. The van der Waals surface area contributed by atoms with Crippen LogP contribution in [-0.2, 0) is 25.7 Å². The molecule has 1 aromatic carbocycles. The number of hydrogen-bond acceptors (Lipinski definition) is 6. The number of ether oxygens (including phenoxy) is 2. The molecule has 1 aromatic rings. The van der Waals surface area contributed by atoms with Crippen molar-refractivity contribution in [3.05, 3.63) is 23.8 Å². The lowest BCUT2D eigenvalue weighted by atomic mass is 10.1. The van der Waals surface area contributed by atoms with Gasteiger partial charge in [0.2, 0.25) is 11.8 Å². The molecule has 3 N–H and O–H groups in total. The molecule has 2 aliphatic rings. The zero-order valence-corrected chi connectivity index (χ0v) is 16.2. The van der Waals surface area contributed by atoms with Crippen LogP contribution in [0, 0.1) is 11.8 Å². The number of hydrogen-bond donors (Lipinski definition) is 3. The van der Waals surface area contributed by atoms with Gasteiger partial charge in [-0.2, -0.15) is 0 Å². The molecule has 0 saturated carbocycles. The normalized spacial score (nSPS) is 20.6. The van der Waals surface area contributed by atoms with Crippen LogP contribution in [0.5, 0.6) is 11.5 Å². The van der Waals surface area contributed by atoms with Gasteiger partial charge in [0.15, 0.2) is 0 Å². The van der Waals surface area contributed by atoms with Crippen molar-refractivity contribution in [2.45, 2.75) is 19.4 Å². The number of carbonyl (C=O) groups is 4. The Bertz CT molecular complexity index is 794. The predicted molar refractivity (Wildman–Crippen MR) is 99.5 cm³/mol. The molecule has 2 fully saturated rings. The third-order valence-electron chi connectivity index (χ3n) is 4.75. The molecule has 0 spiro atoms. The third-order valence-corrected chi connectivity index (χ3v) is 4.75. The fourth-order valence-electron chi connectivity index (χ4n) is 3.06. The summed E-state index contributed by atoms with van der Waals surface area (Å²) in [6, 6.07) is 5.34. The van der Waals surface area contributed by atoms with E-state index in [4.69, 9.17) is 19.7 Å². The summed E-state index contributed by atoms with van der Waals surface area (Å²) in [7, 11) is 3.11. The molecule has 10 heteroatoms. The summed E-state index contributed by atoms with van der Waals surface area (Å²) in [6.07, 6.45) is 0.198. The Morgan fingerprint density at radius 2 is 1.79 bits per heavy atom. The lowest BCUT2D eigenvalue weighted by molar-refractivity contribution is -0.142. The number of nitrogens with zero attached hydrogens (tertiary/aromatic N) is 1. The van der Waals surface area contributed by atoms with Crippen molar-refractivity contribution in [2.24, 2.45) is 11.8 Å². The molecule has 2 amide bonds. The maximum absolute atomic E-state index is 11.8. The van der Waals surface area contributed by atoms with E-state index in [1.165, 1.54) is 0 Å². The molecular formula is C19H24N2O8. The van der Waals surface area contributed by atoms with Gasteiger partial charge < -0.3 is 29.9 Å². The van der Waals surface area contributed by atoms with Crippen molar-refractivity contribution in [2.75, 3.05) is 27.3 Å². The van der Waals surface area contributed by atoms with Gasteiger partial charge >= 0.3 is 11.9 Å². The number of carboxylic acids is 2. The number of likely N-dealkylation sites (tertiary alicyclic amines) is 1. The molecule has 2 heterocycles. The first kappa shape index (κ1) is 22.0. The Kier molecular flexibility index (Phi) is 7.40. The number of benzene rings is 1. The number of aliphatic carboxylic acids is 2. The van der Waals surface area contributed by atoms with E-state index < -0.39 is 23.8 Å². The van der Waals surface area contributed by atoms with E-state index in [1.807, 2.05) is 6.07 Å². The van der Waals surface area contributed by atoms with Crippen LogP contribution in [0.1, 0.15) is 18.4 Å². The Labute approximate surface area is 167 Å². The van der Waals surface area contributed by atoms with E-state index in [9.17, 15) is 19.2 Å². The Balaban J connectivity index is 0.000000278. The van der Waals surface area contributed by atoms with Crippen LogP contribution in [0.4, 0.5) is 0 Å². The smallest absolute Gasteiger partial charge is 0.308 e. The topological polar surface area (TPSA) is 142 Å². The van der Waals surface area contributed by atoms with Gasteiger partial charge in [0.1, 0.15) is 11.5 Å². The van der Waals surface area contributed by atoms with Gasteiger partial charge in [-0.15, -0.1) is 0 Å². The van der Waals surface area contributed by atoms with Crippen LogP contribution in [0.3, 0.4) is 0 Å². The molecule has 2 unspecified atom stereocenters. The molecule has 0 bridgehead atoms. The van der Waals surface area contributed by atoms with Crippen LogP contribution in [0.2, 0.25) is 0 Å². The minimum Gasteiger partial charge on any atom is -0.497 e. The fraction of sp³-hybridized carbons (Fsp3) is 0.474. The zero-order valence-electron chi connectivity index (χ0n) is 16.2. The zero-order chi connectivity index (χ0) is 21.6. The molecule has 0 radical (unpaired) electrons. The monoisotopic (exact) mass is 408 g/mol. The average molecular weight is 408 g/mol. The van der Waals surface area contributed by atoms with Crippen LogP contribution >= 0.6 is 0 Å². The summed E-state index contributed by atoms with van der Waals surface area (Å²) in [5.41, 5.74) is 0.827. The largest absolute Gasteiger partial charge is 0.497 e. The first-order chi connectivity index (χ1) is 13.7. The highest BCUT2D eigenvalue weighted by atomic mass is 16.5. The van der Waals surface area contributed by atoms with E-state index >= 15 is 0 Å². The van der Waals surface area contributed by atoms with Gasteiger partial charge in [-0.05, 0) is 12.1 Å². The summed E-state index contributed by atoms with van der Waals surface area (Å²) in [5.74, 6) is -1.96. The first-order valence-corrected chi connectivity index (χ1v) is 8.96. The van der Waals surface area contributed by atoms with Gasteiger partial charge in [0.05, 0.1) is 26.1 Å². The second kappa shape index (κ2) is 9.76. The predicted octanol–water partition coefficient (Wildman–Crippen LogP) is 0.344. The Morgan fingerprint density at radius 3 is 2.24 bits per heavy atom. The van der Waals surface area contributed by atoms with Crippen molar-refractivity contribution in [1.82, 2.24) is 10.2 Å². The van der Waals surface area contributed by atoms with Crippen molar-refractivity contribution in [1.29, 1.82) is 0 Å². The summed E-state index contributed by atoms with van der Waals surface area (Å²) in [6.45, 7) is 0.868. The first-order valence-electron chi connectivity index (χ1n) is 8.96. The van der Waals surface area contributed by atoms with E-state index in [1.54, 1.807) is 31.3 Å². The van der Waals surface area contributed by atoms with Crippen molar-refractivity contribution in [3.63, 3.8) is 0 Å². The van der Waals surface area contributed by atoms with E-state index in [2.05, 4.69) is 5.32 Å². The number of methoxy groups -OCH3 is 2. The summed E-state index contributed by atoms with van der Waals surface area (Å²) in [5, 5.41) is 19.7. The van der Waals surface area contributed by atoms with Gasteiger partial charge in [-0.25, -0.2) is 0 Å². The number of carboxylic acid groups (broad SMARTS) is 2. The van der Waals surface area contributed by atoms with E-state index in [0.717, 1.165) is 5.56 Å². The molecular weight excluding hydrogens is 384 g/mol. The molecule has 0 aliphatic carbocycles. The van der Waals surface area contributed by atoms with Crippen molar-refractivity contribution >= 4 is 23.8 Å². The molecule has 2 atom stereocenters. The molecule has 0 aromatic heterocycles. The Hall–Kier alpha value is -3.30. The van der Waals surface area contributed by atoms with Crippen LogP contribution in [-0.4, -0.2) is 66.2 Å². The van der Waals surface area contributed by atoms with Crippen LogP contribution < -0.4 is 14.8 Å². The second-order valence-corrected chi connectivity index (χ2v) is 6.73. The number of amides is 2. The van der Waals surface area contributed by atoms with E-state index in [0.29, 0.717) is 18.0 Å². The van der Waals surface area contributed by atoms with Gasteiger partial charge in [0, 0.05) is 44.1 Å². The summed E-state index contributed by atoms with van der Waals surface area (Å²) < 4.78 is 10.4. The van der Waals surface area contributed by atoms with Crippen LogP contribution in [0.25, 0.3) is 0 Å². The molecule has 158 valence electrons. The summed E-state index contributed by atoms with van der Waals surface area (Å²) in [4.78, 5) is 44.8. The lowest BCUT2D eigenvalue weighted by Gasteiger charge is -2.18. The SMILES string of the molecule is COc1ccc(CN2CC(C(=O)O)CC2=O)c(OC)c1.O=C1CC(C(=O)O)CN1. The summed E-state index contributed by atoms with van der Waals surface area (Å²) >= 11 is 0. The lowest BCUT2D eigenvalue weighted by Crippen LogP contribution is -2.26. The van der Waals surface area contributed by atoms with E-state index in [-0.39, 0.29) is 37.7 Å². The number of rotatable bonds is 6. The van der Waals surface area contributed by atoms with Gasteiger partial charge in [-0.3, -0.25) is 19.2 Å². The fourth-order valence-corrected chi connectivity index (χ4v) is 3.06. The van der Waals surface area contributed by atoms with Crippen molar-refractivity contribution in [3.8, 4) is 11.5 Å². The molecule has 2 aliphatic heterocycles. The standard InChI is InChI=1S/C14H17NO5.C5H7NO3/c1-19-11-4-3-9(12(6-11)20-2)7-15-8-10(14(17)18)5-13(15)16;7-4-1-3(2-6-4)5(8)9/h3-4,6,10H,5,7-8H2,1-2H3,(H,17,18);3H,1-2H2,(H,6,7)(H,8,9). The minimum atomic E-state index is -0.928. The Morgan fingerprint density at radius 1 is 1.10 bits per heavy atom. The molecule has 3 rings (SSSR count). The highest BCUT2D eigenvalue weighted by molar-refractivity contribution is 5.86. The molecule has 2 saturated heterocycles. The van der Waals surface area contributed by atoms with Gasteiger partial charge in [-0.1, -0.05) is 0 Å². The number of carbonyl (C=O) groups excluding carboxylic acids is 2. The average Bonchev–Trinajstić information content (AvgIpc) is 3.29. The third kappa shape index (κ3) is 5.84. The molecule has 29 heavy (non-hydrogen) atoms. The maximum Gasteiger partial charge on any atom is 0.308 e.